The van der Waals surface area contributed by atoms with Crippen LogP contribution < -0.4 is 4.90 Å². The van der Waals surface area contributed by atoms with Gasteiger partial charge in [-0.15, -0.1) is 0 Å². The molecule has 1 aliphatic rings. The zero-order chi connectivity index (χ0) is 30.3. The molecular weight excluding hydrogens is 540 g/mol. The SMILES string of the molecule is [C-]#[N+]c1ccc(-c2nc(-c3ccc(C#N)cc3)nc(-c3ccc(N4c5ccccc5C(C)(C)c5ccccc54)cc3)n2)cc1. The number of nitrogens with zero attached hydrogens (tertiary/aromatic N) is 6. The zero-order valence-corrected chi connectivity index (χ0v) is 24.2. The van der Waals surface area contributed by atoms with Gasteiger partial charge in [-0.3, -0.25) is 0 Å². The highest BCUT2D eigenvalue weighted by Gasteiger charge is 2.36. The zero-order valence-electron chi connectivity index (χ0n) is 24.2. The van der Waals surface area contributed by atoms with Gasteiger partial charge in [0.05, 0.1) is 29.6 Å². The van der Waals surface area contributed by atoms with Gasteiger partial charge in [-0.1, -0.05) is 74.5 Å². The van der Waals surface area contributed by atoms with E-state index in [0.29, 0.717) is 28.7 Å². The standard InChI is InChI=1S/C38H26N6/c1-38(2)31-8-4-6-10-33(31)44(34-11-7-5-9-32(34)38)30-22-18-28(19-23-30)37-42-35(26-14-12-25(24-39)13-15-26)41-36(43-37)27-16-20-29(40-3)21-17-27/h4-23H,1-2H3. The van der Waals surface area contributed by atoms with E-state index in [4.69, 9.17) is 21.5 Å². The van der Waals surface area contributed by atoms with Crippen molar-refractivity contribution in [2.45, 2.75) is 19.3 Å². The van der Waals surface area contributed by atoms with Crippen molar-refractivity contribution >= 4 is 22.7 Å². The van der Waals surface area contributed by atoms with Crippen molar-refractivity contribution in [1.82, 2.24) is 15.0 Å². The van der Waals surface area contributed by atoms with Crippen LogP contribution in [0.15, 0.2) is 121 Å². The number of nitriles is 1. The van der Waals surface area contributed by atoms with Crippen molar-refractivity contribution < 1.29 is 0 Å². The molecule has 0 radical (unpaired) electrons. The molecule has 0 unspecified atom stereocenters. The molecule has 0 aliphatic carbocycles. The number of anilines is 3. The van der Waals surface area contributed by atoms with Gasteiger partial charge in [0, 0.05) is 27.8 Å². The highest BCUT2D eigenvalue weighted by atomic mass is 15.2. The Morgan fingerprint density at radius 1 is 0.614 bits per heavy atom. The summed E-state index contributed by atoms with van der Waals surface area (Å²) in [5.41, 5.74) is 9.35. The van der Waals surface area contributed by atoms with E-state index in [9.17, 15) is 5.26 Å². The van der Waals surface area contributed by atoms with Crippen molar-refractivity contribution in [3.8, 4) is 40.2 Å². The largest absolute Gasteiger partial charge is 0.310 e. The third-order valence-electron chi connectivity index (χ3n) is 8.18. The van der Waals surface area contributed by atoms with Crippen molar-refractivity contribution in [2.24, 2.45) is 0 Å². The lowest BCUT2D eigenvalue weighted by molar-refractivity contribution is 0.632. The lowest BCUT2D eigenvalue weighted by atomic mass is 9.73. The molecule has 0 saturated heterocycles. The molecule has 5 aromatic carbocycles. The van der Waals surface area contributed by atoms with Crippen LogP contribution in [-0.4, -0.2) is 15.0 Å². The van der Waals surface area contributed by atoms with E-state index >= 15 is 0 Å². The molecule has 0 atom stereocenters. The van der Waals surface area contributed by atoms with Crippen LogP contribution in [0.1, 0.15) is 30.5 Å². The molecule has 6 nitrogen and oxygen atoms in total. The van der Waals surface area contributed by atoms with Gasteiger partial charge in [0.15, 0.2) is 23.2 Å². The van der Waals surface area contributed by atoms with Gasteiger partial charge in [-0.2, -0.15) is 5.26 Å². The predicted molar refractivity (Wildman–Crippen MR) is 174 cm³/mol. The number of fused-ring (bicyclic) bond motifs is 2. The minimum atomic E-state index is -0.125. The molecule has 0 N–H and O–H groups in total. The van der Waals surface area contributed by atoms with E-state index in [1.807, 2.05) is 36.4 Å². The minimum absolute atomic E-state index is 0.125. The van der Waals surface area contributed by atoms with Crippen molar-refractivity contribution in [3.63, 3.8) is 0 Å². The van der Waals surface area contributed by atoms with Crippen molar-refractivity contribution in [3.05, 3.63) is 149 Å². The number of hydrogen-bond donors (Lipinski definition) is 0. The van der Waals surface area contributed by atoms with Crippen LogP contribution in [-0.2, 0) is 5.41 Å². The number of para-hydroxylation sites is 2. The highest BCUT2D eigenvalue weighted by Crippen LogP contribution is 2.51. The Balaban J connectivity index is 1.33. The number of rotatable bonds is 4. The van der Waals surface area contributed by atoms with E-state index in [2.05, 4.69) is 90.3 Å². The fraction of sp³-hybridized carbons (Fsp3) is 0.0789. The summed E-state index contributed by atoms with van der Waals surface area (Å²) in [6.07, 6.45) is 0. The molecule has 0 amide bonds. The Kier molecular flexibility index (Phi) is 6.46. The first-order valence-electron chi connectivity index (χ1n) is 14.3. The van der Waals surface area contributed by atoms with Crippen LogP contribution in [0.3, 0.4) is 0 Å². The molecule has 0 fully saturated rings. The molecule has 0 saturated carbocycles. The number of aromatic nitrogens is 3. The molecule has 1 aromatic heterocycles. The summed E-state index contributed by atoms with van der Waals surface area (Å²) in [6.45, 7) is 11.9. The van der Waals surface area contributed by atoms with E-state index in [-0.39, 0.29) is 5.41 Å². The van der Waals surface area contributed by atoms with Gasteiger partial charge in [0.2, 0.25) is 0 Å². The summed E-state index contributed by atoms with van der Waals surface area (Å²) >= 11 is 0. The summed E-state index contributed by atoms with van der Waals surface area (Å²) < 4.78 is 0. The normalized spacial score (nSPS) is 12.9. The fourth-order valence-corrected chi connectivity index (χ4v) is 5.85. The first kappa shape index (κ1) is 26.8. The van der Waals surface area contributed by atoms with Crippen LogP contribution in [0.4, 0.5) is 22.7 Å². The maximum Gasteiger partial charge on any atom is 0.187 e. The Morgan fingerprint density at radius 2 is 1.05 bits per heavy atom. The minimum Gasteiger partial charge on any atom is -0.310 e. The molecule has 208 valence electrons. The third-order valence-corrected chi connectivity index (χ3v) is 8.18. The Morgan fingerprint density at radius 3 is 1.50 bits per heavy atom. The van der Waals surface area contributed by atoms with Crippen LogP contribution in [0, 0.1) is 17.9 Å². The average Bonchev–Trinajstić information content (AvgIpc) is 3.08. The van der Waals surface area contributed by atoms with Gasteiger partial charge < -0.3 is 4.90 Å². The summed E-state index contributed by atoms with van der Waals surface area (Å²) in [5, 5.41) is 9.26. The summed E-state index contributed by atoms with van der Waals surface area (Å²) in [6, 6.07) is 42.1. The fourth-order valence-electron chi connectivity index (χ4n) is 5.85. The van der Waals surface area contributed by atoms with E-state index in [0.717, 1.165) is 33.8 Å². The van der Waals surface area contributed by atoms with Crippen LogP contribution in [0.25, 0.3) is 39.0 Å². The van der Waals surface area contributed by atoms with Gasteiger partial charge in [-0.25, -0.2) is 19.8 Å². The molecule has 1 aliphatic heterocycles. The molecule has 0 bridgehead atoms. The van der Waals surface area contributed by atoms with Crippen LogP contribution >= 0.6 is 0 Å². The van der Waals surface area contributed by atoms with Crippen LogP contribution in [0.5, 0.6) is 0 Å². The second-order valence-corrected chi connectivity index (χ2v) is 11.2. The number of hydrogen-bond acceptors (Lipinski definition) is 5. The van der Waals surface area contributed by atoms with Gasteiger partial charge in [0.25, 0.3) is 0 Å². The second kappa shape index (κ2) is 10.6. The molecule has 6 heteroatoms. The van der Waals surface area contributed by atoms with Gasteiger partial charge >= 0.3 is 0 Å². The van der Waals surface area contributed by atoms with Crippen molar-refractivity contribution in [2.75, 3.05) is 4.90 Å². The molecule has 44 heavy (non-hydrogen) atoms. The lowest BCUT2D eigenvalue weighted by Crippen LogP contribution is -2.30. The van der Waals surface area contributed by atoms with Crippen molar-refractivity contribution in [1.29, 1.82) is 5.26 Å². The molecule has 6 aromatic rings. The predicted octanol–water partition coefficient (Wildman–Crippen LogP) is 9.40. The van der Waals surface area contributed by atoms with Gasteiger partial charge in [-0.05, 0) is 71.8 Å². The van der Waals surface area contributed by atoms with Crippen LogP contribution in [0.2, 0.25) is 0 Å². The van der Waals surface area contributed by atoms with E-state index in [1.165, 1.54) is 11.1 Å². The lowest BCUT2D eigenvalue weighted by Gasteiger charge is -2.42. The molecule has 0 spiro atoms. The highest BCUT2D eigenvalue weighted by molar-refractivity contribution is 5.86. The molecule has 7 rings (SSSR count). The van der Waals surface area contributed by atoms with Gasteiger partial charge in [0.1, 0.15) is 0 Å². The Labute approximate surface area is 256 Å². The summed E-state index contributed by atoms with van der Waals surface area (Å²) in [7, 11) is 0. The molecular formula is C38H26N6. The second-order valence-electron chi connectivity index (χ2n) is 11.2. The number of benzene rings is 5. The first-order chi connectivity index (χ1) is 21.5. The van der Waals surface area contributed by atoms with E-state index in [1.54, 1.807) is 24.3 Å². The maximum absolute atomic E-state index is 9.26. The average molecular weight is 567 g/mol. The quantitative estimate of drug-likeness (QED) is 0.199. The topological polar surface area (TPSA) is 70.1 Å². The smallest absolute Gasteiger partial charge is 0.187 e. The Bertz CT molecular complexity index is 1970. The van der Waals surface area contributed by atoms with E-state index < -0.39 is 0 Å². The molecule has 2 heterocycles. The summed E-state index contributed by atoms with van der Waals surface area (Å²) in [4.78, 5) is 20.3. The Hall–Kier alpha value is -6.11. The summed E-state index contributed by atoms with van der Waals surface area (Å²) in [5.74, 6) is 1.56. The maximum atomic E-state index is 9.26. The monoisotopic (exact) mass is 566 g/mol. The third kappa shape index (κ3) is 4.56. The first-order valence-corrected chi connectivity index (χ1v) is 14.3.